The molecule has 0 aromatic heterocycles. The van der Waals surface area contributed by atoms with Crippen LogP contribution in [0.25, 0.3) is 0 Å². The zero-order valence-corrected chi connectivity index (χ0v) is 10.7. The first-order chi connectivity index (χ1) is 9.33. The first-order valence-electron chi connectivity index (χ1n) is 5.34. The molecule has 0 aliphatic rings. The van der Waals surface area contributed by atoms with Crippen molar-refractivity contribution in [3.05, 3.63) is 53.8 Å². The Kier molecular flexibility index (Phi) is 3.58. The molecule has 20 heavy (non-hydrogen) atoms. The van der Waals surface area contributed by atoms with Crippen molar-refractivity contribution in [3.8, 4) is 0 Å². The summed E-state index contributed by atoms with van der Waals surface area (Å²) in [5.41, 5.74) is 3.84. The highest BCUT2D eigenvalue weighted by Crippen LogP contribution is 2.26. The molecule has 0 atom stereocenters. The molecule has 4 nitrogen and oxygen atoms in total. The summed E-state index contributed by atoms with van der Waals surface area (Å²) < 4.78 is 65.7. The van der Waals surface area contributed by atoms with Gasteiger partial charge in [-0.3, -0.25) is 4.72 Å². The van der Waals surface area contributed by atoms with E-state index in [4.69, 9.17) is 5.73 Å². The van der Waals surface area contributed by atoms with Crippen LogP contribution >= 0.6 is 0 Å². The molecule has 0 aliphatic carbocycles. The minimum absolute atomic E-state index is 0.597. The van der Waals surface area contributed by atoms with Crippen LogP contribution < -0.4 is 10.5 Å². The second-order valence-electron chi connectivity index (χ2n) is 3.85. The van der Waals surface area contributed by atoms with Crippen molar-refractivity contribution < 1.29 is 21.6 Å². The Hall–Kier alpha value is -2.22. The summed E-state index contributed by atoms with van der Waals surface area (Å²) in [4.78, 5) is -0.597. The van der Waals surface area contributed by atoms with E-state index in [1.807, 2.05) is 0 Å². The third-order valence-corrected chi connectivity index (χ3v) is 3.91. The predicted molar refractivity (Wildman–Crippen MR) is 68.0 cm³/mol. The lowest BCUT2D eigenvalue weighted by atomic mass is 10.3. The first-order valence-corrected chi connectivity index (χ1v) is 6.82. The number of hydrogen-bond donors (Lipinski definition) is 2. The predicted octanol–water partition coefficient (Wildman–Crippen LogP) is 2.49. The molecule has 0 spiro atoms. The molecule has 0 aliphatic heterocycles. The smallest absolute Gasteiger partial charge is 0.264 e. The molecular weight excluding hydrogens is 293 g/mol. The molecule has 2 rings (SSSR count). The summed E-state index contributed by atoms with van der Waals surface area (Å²) in [6, 6.07) is 5.97. The van der Waals surface area contributed by atoms with Gasteiger partial charge in [0.1, 0.15) is 28.0 Å². The lowest BCUT2D eigenvalue weighted by Gasteiger charge is -2.11. The van der Waals surface area contributed by atoms with Crippen LogP contribution in [0, 0.1) is 17.5 Å². The highest BCUT2D eigenvalue weighted by molar-refractivity contribution is 7.92. The Morgan fingerprint density at radius 3 is 2.00 bits per heavy atom. The fourth-order valence-corrected chi connectivity index (χ4v) is 2.75. The van der Waals surface area contributed by atoms with E-state index in [0.29, 0.717) is 0 Å². The molecule has 106 valence electrons. The normalized spacial score (nSPS) is 11.3. The van der Waals surface area contributed by atoms with Gasteiger partial charge in [0, 0.05) is 0 Å². The number of nitrogens with two attached hydrogens (primary N) is 1. The third kappa shape index (κ3) is 2.55. The Bertz CT molecular complexity index is 743. The average molecular weight is 302 g/mol. The molecule has 0 saturated heterocycles. The number of hydrogen-bond acceptors (Lipinski definition) is 3. The SMILES string of the molecule is Nc1c(F)cccc1S(=O)(=O)Nc1c(F)cccc1F. The summed E-state index contributed by atoms with van der Waals surface area (Å²) in [6.45, 7) is 0. The molecule has 3 N–H and O–H groups in total. The topological polar surface area (TPSA) is 72.2 Å². The van der Waals surface area contributed by atoms with Crippen molar-refractivity contribution in [3.63, 3.8) is 0 Å². The lowest BCUT2D eigenvalue weighted by Crippen LogP contribution is -2.17. The van der Waals surface area contributed by atoms with Gasteiger partial charge in [-0.1, -0.05) is 12.1 Å². The Labute approximate surface area is 113 Å². The van der Waals surface area contributed by atoms with Gasteiger partial charge in [-0.05, 0) is 24.3 Å². The van der Waals surface area contributed by atoms with Crippen molar-refractivity contribution in [2.24, 2.45) is 0 Å². The molecule has 0 fully saturated rings. The Balaban J connectivity index is 2.50. The number of rotatable bonds is 3. The highest BCUT2D eigenvalue weighted by atomic mass is 32.2. The van der Waals surface area contributed by atoms with Gasteiger partial charge < -0.3 is 5.73 Å². The minimum Gasteiger partial charge on any atom is -0.395 e. The van der Waals surface area contributed by atoms with Crippen LogP contribution in [-0.4, -0.2) is 8.42 Å². The Morgan fingerprint density at radius 1 is 0.900 bits per heavy atom. The summed E-state index contributed by atoms with van der Waals surface area (Å²) >= 11 is 0. The van der Waals surface area contributed by atoms with E-state index < -0.39 is 43.7 Å². The Morgan fingerprint density at radius 2 is 1.40 bits per heavy atom. The van der Waals surface area contributed by atoms with Crippen LogP contribution in [-0.2, 0) is 10.0 Å². The van der Waals surface area contributed by atoms with Gasteiger partial charge in [-0.25, -0.2) is 21.6 Å². The molecule has 0 saturated carbocycles. The maximum atomic E-state index is 13.4. The monoisotopic (exact) mass is 302 g/mol. The van der Waals surface area contributed by atoms with Crippen molar-refractivity contribution in [2.75, 3.05) is 10.5 Å². The van der Waals surface area contributed by atoms with Crippen LogP contribution in [0.5, 0.6) is 0 Å². The molecule has 8 heteroatoms. The van der Waals surface area contributed by atoms with Gasteiger partial charge >= 0.3 is 0 Å². The van der Waals surface area contributed by atoms with Gasteiger partial charge in [0.2, 0.25) is 0 Å². The summed E-state index contributed by atoms with van der Waals surface area (Å²) in [6.07, 6.45) is 0. The van der Waals surface area contributed by atoms with E-state index in [1.165, 1.54) is 0 Å². The number of nitrogen functional groups attached to an aromatic ring is 1. The van der Waals surface area contributed by atoms with Gasteiger partial charge in [0.25, 0.3) is 10.0 Å². The number of benzene rings is 2. The van der Waals surface area contributed by atoms with E-state index in [2.05, 4.69) is 0 Å². The zero-order valence-electron chi connectivity index (χ0n) is 9.90. The van der Waals surface area contributed by atoms with E-state index in [0.717, 1.165) is 36.4 Å². The van der Waals surface area contributed by atoms with Gasteiger partial charge in [0.05, 0.1) is 5.69 Å². The van der Waals surface area contributed by atoms with Crippen molar-refractivity contribution >= 4 is 21.4 Å². The second-order valence-corrected chi connectivity index (χ2v) is 5.50. The van der Waals surface area contributed by atoms with E-state index in [-0.39, 0.29) is 0 Å². The number of nitrogens with one attached hydrogen (secondary N) is 1. The van der Waals surface area contributed by atoms with Crippen molar-refractivity contribution in [2.45, 2.75) is 4.90 Å². The number of halogens is 3. The maximum absolute atomic E-state index is 13.4. The third-order valence-electron chi connectivity index (χ3n) is 2.50. The molecule has 0 radical (unpaired) electrons. The molecule has 0 unspecified atom stereocenters. The van der Waals surface area contributed by atoms with Crippen molar-refractivity contribution in [1.29, 1.82) is 0 Å². The van der Waals surface area contributed by atoms with E-state index in [1.54, 1.807) is 4.72 Å². The number of anilines is 2. The molecular formula is C12H9F3N2O2S. The first kappa shape index (κ1) is 14.2. The van der Waals surface area contributed by atoms with Crippen molar-refractivity contribution in [1.82, 2.24) is 0 Å². The fraction of sp³-hybridized carbons (Fsp3) is 0. The zero-order chi connectivity index (χ0) is 14.9. The van der Waals surface area contributed by atoms with Crippen LogP contribution in [0.1, 0.15) is 0 Å². The maximum Gasteiger partial charge on any atom is 0.264 e. The van der Waals surface area contributed by atoms with Crippen LogP contribution in [0.4, 0.5) is 24.5 Å². The molecule has 0 heterocycles. The second kappa shape index (κ2) is 5.04. The minimum atomic E-state index is -4.41. The largest absolute Gasteiger partial charge is 0.395 e. The van der Waals surface area contributed by atoms with Gasteiger partial charge in [0.15, 0.2) is 0 Å². The summed E-state index contributed by atoms with van der Waals surface area (Å²) in [5.74, 6) is -3.13. The number of para-hydroxylation sites is 2. The molecule has 2 aromatic carbocycles. The van der Waals surface area contributed by atoms with Crippen LogP contribution in [0.3, 0.4) is 0 Å². The van der Waals surface area contributed by atoms with E-state index in [9.17, 15) is 21.6 Å². The van der Waals surface area contributed by atoms with Gasteiger partial charge in [-0.15, -0.1) is 0 Å². The standard InChI is InChI=1S/C12H9F3N2O2S/c13-7-3-2-6-10(11(7)16)20(18,19)17-12-8(14)4-1-5-9(12)15/h1-6,17H,16H2. The average Bonchev–Trinajstić information content (AvgIpc) is 2.37. The summed E-state index contributed by atoms with van der Waals surface area (Å²) in [5, 5.41) is 0. The lowest BCUT2D eigenvalue weighted by molar-refractivity contribution is 0.582. The molecule has 2 aromatic rings. The molecule has 0 amide bonds. The van der Waals surface area contributed by atoms with Crippen LogP contribution in [0.15, 0.2) is 41.3 Å². The summed E-state index contributed by atoms with van der Waals surface area (Å²) in [7, 11) is -4.41. The van der Waals surface area contributed by atoms with Crippen LogP contribution in [0.2, 0.25) is 0 Å². The highest BCUT2D eigenvalue weighted by Gasteiger charge is 2.22. The van der Waals surface area contributed by atoms with E-state index >= 15 is 0 Å². The quantitative estimate of drug-likeness (QED) is 0.856. The fourth-order valence-electron chi connectivity index (χ4n) is 1.54. The molecule has 0 bridgehead atoms. The van der Waals surface area contributed by atoms with Gasteiger partial charge in [-0.2, -0.15) is 0 Å². The number of sulfonamides is 1.